The zero-order valence-corrected chi connectivity index (χ0v) is 20.4. The average molecular weight is 459 g/mol. The van der Waals surface area contributed by atoms with Gasteiger partial charge in [0.15, 0.2) is 0 Å². The number of hydrogen-bond donors (Lipinski definition) is 1. The van der Waals surface area contributed by atoms with Gasteiger partial charge in [-0.05, 0) is 67.5 Å². The Hall–Kier alpha value is -2.96. The Morgan fingerprint density at radius 2 is 2.06 bits per heavy atom. The molecule has 3 aromatic rings. The Morgan fingerprint density at radius 3 is 2.76 bits per heavy atom. The molecule has 6 nitrogen and oxygen atoms in total. The maximum absolute atomic E-state index is 13.1. The number of fused-ring (bicyclic) bond motifs is 1. The number of carbonyl (C=O) groups is 1. The number of rotatable bonds is 5. The van der Waals surface area contributed by atoms with Gasteiger partial charge in [-0.3, -0.25) is 14.7 Å². The second kappa shape index (κ2) is 9.72. The van der Waals surface area contributed by atoms with Gasteiger partial charge in [0.1, 0.15) is 0 Å². The monoisotopic (exact) mass is 458 g/mol. The predicted molar refractivity (Wildman–Crippen MR) is 137 cm³/mol. The number of benzene rings is 1. The molecule has 3 heterocycles. The maximum atomic E-state index is 13.1. The van der Waals surface area contributed by atoms with E-state index in [1.165, 1.54) is 11.1 Å². The van der Waals surface area contributed by atoms with Crippen LogP contribution in [0.3, 0.4) is 0 Å². The normalized spacial score (nSPS) is 19.3. The molecule has 1 fully saturated rings. The number of aromatic nitrogens is 2. The smallest absolute Gasteiger partial charge is 0.257 e. The van der Waals surface area contributed by atoms with Gasteiger partial charge in [0.05, 0.1) is 36.4 Å². The summed E-state index contributed by atoms with van der Waals surface area (Å²) in [6.07, 6.45) is 10.3. The number of morpholine rings is 1. The lowest BCUT2D eigenvalue weighted by molar-refractivity contribution is 0.0150. The first-order valence-corrected chi connectivity index (χ1v) is 12.4. The van der Waals surface area contributed by atoms with Crippen molar-refractivity contribution in [3.8, 4) is 0 Å². The molecule has 34 heavy (non-hydrogen) atoms. The van der Waals surface area contributed by atoms with Crippen molar-refractivity contribution < 1.29 is 9.53 Å². The third-order valence-corrected chi connectivity index (χ3v) is 7.29. The Bertz CT molecular complexity index is 1240. The highest BCUT2D eigenvalue weighted by Crippen LogP contribution is 2.31. The van der Waals surface area contributed by atoms with E-state index in [9.17, 15) is 4.79 Å². The molecule has 0 radical (unpaired) electrons. The third kappa shape index (κ3) is 4.52. The third-order valence-electron chi connectivity index (χ3n) is 7.29. The number of anilines is 1. The molecule has 0 bridgehead atoms. The highest BCUT2D eigenvalue weighted by atomic mass is 16.5. The number of ether oxygens (including phenoxy) is 1. The second-order valence-electron chi connectivity index (χ2n) is 9.51. The molecule has 1 N–H and O–H groups in total. The van der Waals surface area contributed by atoms with Gasteiger partial charge in [-0.2, -0.15) is 0 Å². The second-order valence-corrected chi connectivity index (χ2v) is 9.51. The van der Waals surface area contributed by atoms with Crippen molar-refractivity contribution in [1.82, 2.24) is 14.5 Å². The fourth-order valence-corrected chi connectivity index (χ4v) is 5.33. The molecule has 2 aliphatic rings. The van der Waals surface area contributed by atoms with Gasteiger partial charge in [-0.25, -0.2) is 0 Å². The fourth-order valence-electron chi connectivity index (χ4n) is 5.33. The summed E-state index contributed by atoms with van der Waals surface area (Å²) in [6.45, 7) is 7.98. The number of pyridine rings is 1. The van der Waals surface area contributed by atoms with Gasteiger partial charge in [0.25, 0.3) is 5.91 Å². The van der Waals surface area contributed by atoms with Crippen molar-refractivity contribution >= 4 is 28.1 Å². The Kier molecular flexibility index (Phi) is 6.53. The van der Waals surface area contributed by atoms with Crippen LogP contribution in [0.5, 0.6) is 0 Å². The largest absolute Gasteiger partial charge is 0.379 e. The van der Waals surface area contributed by atoms with E-state index in [0.29, 0.717) is 11.6 Å². The van der Waals surface area contributed by atoms with E-state index in [1.807, 2.05) is 23.9 Å². The number of aryl methyl sites for hydroxylation is 3. The molecule has 6 heteroatoms. The minimum atomic E-state index is -0.0990. The number of hydrogen-bond acceptors (Lipinski definition) is 4. The van der Waals surface area contributed by atoms with Gasteiger partial charge in [0.2, 0.25) is 0 Å². The lowest BCUT2D eigenvalue weighted by atomic mass is 9.90. The first-order valence-electron chi connectivity index (χ1n) is 12.4. The summed E-state index contributed by atoms with van der Waals surface area (Å²) in [4.78, 5) is 20.5. The van der Waals surface area contributed by atoms with E-state index in [1.54, 1.807) is 6.20 Å². The van der Waals surface area contributed by atoms with Crippen LogP contribution < -0.4 is 5.32 Å². The van der Waals surface area contributed by atoms with Crippen LogP contribution in [0.25, 0.3) is 16.5 Å². The average Bonchev–Trinajstić information content (AvgIpc) is 3.20. The Morgan fingerprint density at radius 1 is 1.24 bits per heavy atom. The van der Waals surface area contributed by atoms with Gasteiger partial charge >= 0.3 is 0 Å². The summed E-state index contributed by atoms with van der Waals surface area (Å²) in [7, 11) is 1.98. The molecule has 1 amide bonds. The zero-order valence-electron chi connectivity index (χ0n) is 20.4. The Labute approximate surface area is 201 Å². The first-order chi connectivity index (χ1) is 16.5. The molecule has 178 valence electrons. The molecular weight excluding hydrogens is 424 g/mol. The molecule has 0 spiro atoms. The van der Waals surface area contributed by atoms with Crippen molar-refractivity contribution in [2.24, 2.45) is 7.05 Å². The zero-order chi connectivity index (χ0) is 23.7. The SMILES string of the molecule is CCc1ccc2c(c1)c(C(=O)Nc1cnc(C3=CCC(N4CCOCC4)CC3)c(C)c1)cn2C. The number of allylic oxidation sites excluding steroid dienone is 1. The minimum Gasteiger partial charge on any atom is -0.379 e. The number of carbonyl (C=O) groups excluding carboxylic acids is 1. The van der Waals surface area contributed by atoms with Crippen molar-refractivity contribution in [3.05, 3.63) is 65.1 Å². The lowest BCUT2D eigenvalue weighted by Gasteiger charge is -2.36. The summed E-state index contributed by atoms with van der Waals surface area (Å²) in [6, 6.07) is 8.99. The van der Waals surface area contributed by atoms with E-state index in [4.69, 9.17) is 9.72 Å². The highest BCUT2D eigenvalue weighted by Gasteiger charge is 2.24. The van der Waals surface area contributed by atoms with Crippen LogP contribution in [0.1, 0.15) is 53.4 Å². The van der Waals surface area contributed by atoms with Crippen LogP contribution in [0, 0.1) is 6.92 Å². The van der Waals surface area contributed by atoms with Crippen LogP contribution in [0.15, 0.2) is 42.7 Å². The number of nitrogens with zero attached hydrogens (tertiary/aromatic N) is 3. The van der Waals surface area contributed by atoms with Crippen LogP contribution in [-0.4, -0.2) is 52.7 Å². The molecule has 1 aromatic carbocycles. The van der Waals surface area contributed by atoms with Gasteiger partial charge < -0.3 is 14.6 Å². The molecule has 1 unspecified atom stereocenters. The Balaban J connectivity index is 1.30. The van der Waals surface area contributed by atoms with Crippen molar-refractivity contribution in [2.75, 3.05) is 31.6 Å². The van der Waals surface area contributed by atoms with Gasteiger partial charge in [-0.15, -0.1) is 0 Å². The van der Waals surface area contributed by atoms with Gasteiger partial charge in [-0.1, -0.05) is 19.1 Å². The number of nitrogens with one attached hydrogen (secondary N) is 1. The summed E-state index contributed by atoms with van der Waals surface area (Å²) in [5.74, 6) is -0.0990. The summed E-state index contributed by atoms with van der Waals surface area (Å²) in [5, 5.41) is 4.06. The molecule has 1 aliphatic heterocycles. The molecular formula is C28H34N4O2. The minimum absolute atomic E-state index is 0.0990. The van der Waals surface area contributed by atoms with Gasteiger partial charge in [0, 0.05) is 43.3 Å². The van der Waals surface area contributed by atoms with Crippen LogP contribution >= 0.6 is 0 Å². The molecule has 2 aromatic heterocycles. The van der Waals surface area contributed by atoms with E-state index >= 15 is 0 Å². The van der Waals surface area contributed by atoms with E-state index in [-0.39, 0.29) is 5.91 Å². The van der Waals surface area contributed by atoms with Crippen molar-refractivity contribution in [3.63, 3.8) is 0 Å². The van der Waals surface area contributed by atoms with Crippen molar-refractivity contribution in [2.45, 2.75) is 45.6 Å². The quantitative estimate of drug-likeness (QED) is 0.587. The highest BCUT2D eigenvalue weighted by molar-refractivity contribution is 6.13. The first kappa shape index (κ1) is 22.8. The standard InChI is InChI=1S/C28H34N4O2/c1-4-20-5-10-26-24(16-20)25(18-31(26)3)28(33)30-22-15-19(2)27(29-17-22)21-6-8-23(9-7-21)32-11-13-34-14-12-32/h5-6,10,15-18,23H,4,7-9,11-14H2,1-3H3,(H,30,33). The topological polar surface area (TPSA) is 59.4 Å². The summed E-state index contributed by atoms with van der Waals surface area (Å²) in [5.41, 5.74) is 7.19. The van der Waals surface area contributed by atoms with Crippen molar-refractivity contribution in [1.29, 1.82) is 0 Å². The lowest BCUT2D eigenvalue weighted by Crippen LogP contribution is -2.43. The molecule has 1 saturated heterocycles. The van der Waals surface area contributed by atoms with Crippen LogP contribution in [0.4, 0.5) is 5.69 Å². The van der Waals surface area contributed by atoms with E-state index in [2.05, 4.69) is 48.3 Å². The van der Waals surface area contributed by atoms with E-state index in [0.717, 1.165) is 79.8 Å². The van der Waals surface area contributed by atoms with Crippen LogP contribution in [-0.2, 0) is 18.2 Å². The van der Waals surface area contributed by atoms with E-state index < -0.39 is 0 Å². The molecule has 1 atom stereocenters. The number of amides is 1. The summed E-state index contributed by atoms with van der Waals surface area (Å²) >= 11 is 0. The molecule has 0 saturated carbocycles. The van der Waals surface area contributed by atoms with Crippen LogP contribution in [0.2, 0.25) is 0 Å². The molecule has 1 aliphatic carbocycles. The summed E-state index contributed by atoms with van der Waals surface area (Å²) < 4.78 is 7.51. The maximum Gasteiger partial charge on any atom is 0.257 e. The predicted octanol–water partition coefficient (Wildman–Crippen LogP) is 4.96. The fraction of sp³-hybridized carbons (Fsp3) is 0.429. The molecule has 5 rings (SSSR count).